The minimum Gasteiger partial charge on any atom is -0.355 e. The molecule has 0 bridgehead atoms. The van der Waals surface area contributed by atoms with Gasteiger partial charge in [-0.25, -0.2) is 13.4 Å². The number of thiazole rings is 1. The molecule has 0 radical (unpaired) electrons. The van der Waals surface area contributed by atoms with Gasteiger partial charge in [0.05, 0.1) is 18.1 Å². The van der Waals surface area contributed by atoms with Crippen molar-refractivity contribution in [2.75, 3.05) is 44.7 Å². The number of sulfone groups is 1. The summed E-state index contributed by atoms with van der Waals surface area (Å²) in [5.41, 5.74) is 0. The fourth-order valence-corrected chi connectivity index (χ4v) is 4.36. The Labute approximate surface area is 142 Å². The summed E-state index contributed by atoms with van der Waals surface area (Å²) in [4.78, 5) is 12.0. The van der Waals surface area contributed by atoms with Crippen molar-refractivity contribution in [2.24, 2.45) is 4.99 Å². The van der Waals surface area contributed by atoms with E-state index >= 15 is 0 Å². The van der Waals surface area contributed by atoms with Crippen LogP contribution in [0.2, 0.25) is 0 Å². The first-order valence-corrected chi connectivity index (χ1v) is 10.5. The van der Waals surface area contributed by atoms with E-state index in [1.54, 1.807) is 18.4 Å². The Bertz CT molecular complexity index is 613. The zero-order valence-electron chi connectivity index (χ0n) is 13.7. The van der Waals surface area contributed by atoms with Crippen LogP contribution in [-0.2, 0) is 22.8 Å². The third kappa shape index (κ3) is 6.08. The Kier molecular flexibility index (Phi) is 6.79. The quantitative estimate of drug-likeness (QED) is 0.553. The van der Waals surface area contributed by atoms with Crippen molar-refractivity contribution in [1.29, 1.82) is 0 Å². The predicted molar refractivity (Wildman–Crippen MR) is 94.8 cm³/mol. The topological polar surface area (TPSA) is 86.7 Å². The SMILES string of the molecule is CCc1cnc(CNC(=NC)NCCN2CCS(=O)(=O)CC2)s1. The maximum absolute atomic E-state index is 11.4. The Morgan fingerprint density at radius 2 is 2.13 bits per heavy atom. The number of guanidine groups is 1. The number of nitrogens with one attached hydrogen (secondary N) is 2. The fraction of sp³-hybridized carbons (Fsp3) is 0.714. The highest BCUT2D eigenvalue weighted by Crippen LogP contribution is 2.12. The third-order valence-electron chi connectivity index (χ3n) is 3.74. The summed E-state index contributed by atoms with van der Waals surface area (Å²) in [6, 6.07) is 0. The Morgan fingerprint density at radius 1 is 1.39 bits per heavy atom. The smallest absolute Gasteiger partial charge is 0.191 e. The third-order valence-corrected chi connectivity index (χ3v) is 6.49. The molecule has 2 rings (SSSR count). The standard InChI is InChI=1S/C14H25N5O2S2/c1-3-12-10-17-13(22-12)11-18-14(15-2)16-4-5-19-6-8-23(20,21)9-7-19/h10H,3-9,11H2,1-2H3,(H2,15,16,18). The van der Waals surface area contributed by atoms with Crippen molar-refractivity contribution in [2.45, 2.75) is 19.9 Å². The van der Waals surface area contributed by atoms with E-state index in [-0.39, 0.29) is 11.5 Å². The van der Waals surface area contributed by atoms with E-state index in [9.17, 15) is 8.42 Å². The van der Waals surface area contributed by atoms with Crippen LogP contribution in [0.3, 0.4) is 0 Å². The molecule has 1 aliphatic rings. The molecule has 1 aromatic rings. The highest BCUT2D eigenvalue weighted by Gasteiger charge is 2.20. The molecular weight excluding hydrogens is 334 g/mol. The average molecular weight is 360 g/mol. The van der Waals surface area contributed by atoms with Gasteiger partial charge in [-0.15, -0.1) is 11.3 Å². The highest BCUT2D eigenvalue weighted by molar-refractivity contribution is 7.91. The molecule has 1 aliphatic heterocycles. The van der Waals surface area contributed by atoms with Gasteiger partial charge in [-0.2, -0.15) is 0 Å². The lowest BCUT2D eigenvalue weighted by molar-refractivity contribution is 0.299. The number of hydrogen-bond donors (Lipinski definition) is 2. The molecule has 0 aromatic carbocycles. The highest BCUT2D eigenvalue weighted by atomic mass is 32.2. The first-order chi connectivity index (χ1) is 11.0. The monoisotopic (exact) mass is 359 g/mol. The van der Waals surface area contributed by atoms with Crippen LogP contribution >= 0.6 is 11.3 Å². The summed E-state index contributed by atoms with van der Waals surface area (Å²) >= 11 is 1.71. The summed E-state index contributed by atoms with van der Waals surface area (Å²) in [5, 5.41) is 7.55. The summed E-state index contributed by atoms with van der Waals surface area (Å²) < 4.78 is 22.8. The van der Waals surface area contributed by atoms with E-state index in [1.165, 1.54) is 4.88 Å². The van der Waals surface area contributed by atoms with Crippen LogP contribution in [0.1, 0.15) is 16.8 Å². The maximum Gasteiger partial charge on any atom is 0.191 e. The van der Waals surface area contributed by atoms with E-state index in [2.05, 4.69) is 32.4 Å². The first kappa shape index (κ1) is 18.2. The van der Waals surface area contributed by atoms with Gasteiger partial charge in [-0.05, 0) is 6.42 Å². The molecular formula is C14H25N5O2S2. The van der Waals surface area contributed by atoms with Gasteiger partial charge in [-0.3, -0.25) is 9.89 Å². The van der Waals surface area contributed by atoms with Gasteiger partial charge in [0.1, 0.15) is 5.01 Å². The molecule has 23 heavy (non-hydrogen) atoms. The number of aryl methyl sites for hydroxylation is 1. The summed E-state index contributed by atoms with van der Waals surface area (Å²) in [7, 11) is -1.07. The van der Waals surface area contributed by atoms with Crippen LogP contribution in [0.25, 0.3) is 0 Å². The lowest BCUT2D eigenvalue weighted by Crippen LogP contribution is -2.45. The molecule has 7 nitrogen and oxygen atoms in total. The molecule has 0 unspecified atom stereocenters. The molecule has 2 N–H and O–H groups in total. The zero-order valence-corrected chi connectivity index (χ0v) is 15.3. The van der Waals surface area contributed by atoms with E-state index < -0.39 is 9.84 Å². The van der Waals surface area contributed by atoms with Gasteiger partial charge >= 0.3 is 0 Å². The minimum atomic E-state index is -2.81. The van der Waals surface area contributed by atoms with E-state index in [0.29, 0.717) is 19.6 Å². The number of aromatic nitrogens is 1. The Balaban J connectivity index is 1.67. The van der Waals surface area contributed by atoms with Gasteiger partial charge in [0.2, 0.25) is 0 Å². The molecule has 130 valence electrons. The largest absolute Gasteiger partial charge is 0.355 e. The second-order valence-electron chi connectivity index (χ2n) is 5.42. The van der Waals surface area contributed by atoms with Gasteiger partial charge in [0.25, 0.3) is 0 Å². The zero-order chi connectivity index (χ0) is 16.7. The van der Waals surface area contributed by atoms with E-state index in [1.807, 2.05) is 6.20 Å². The van der Waals surface area contributed by atoms with Crippen LogP contribution in [0, 0.1) is 0 Å². The van der Waals surface area contributed by atoms with Crippen LogP contribution in [0.15, 0.2) is 11.2 Å². The minimum absolute atomic E-state index is 0.268. The van der Waals surface area contributed by atoms with Crippen molar-refractivity contribution < 1.29 is 8.42 Å². The maximum atomic E-state index is 11.4. The van der Waals surface area contributed by atoms with Crippen molar-refractivity contribution in [3.05, 3.63) is 16.1 Å². The molecule has 1 saturated heterocycles. The Morgan fingerprint density at radius 3 is 2.74 bits per heavy atom. The van der Waals surface area contributed by atoms with Gasteiger partial charge in [0.15, 0.2) is 15.8 Å². The van der Waals surface area contributed by atoms with Crippen LogP contribution in [0.4, 0.5) is 0 Å². The molecule has 2 heterocycles. The molecule has 0 spiro atoms. The van der Waals surface area contributed by atoms with Crippen LogP contribution in [0.5, 0.6) is 0 Å². The van der Waals surface area contributed by atoms with Crippen LogP contribution in [-0.4, -0.2) is 69.0 Å². The number of rotatable bonds is 6. The van der Waals surface area contributed by atoms with Crippen molar-refractivity contribution in [3.63, 3.8) is 0 Å². The van der Waals surface area contributed by atoms with E-state index in [4.69, 9.17) is 0 Å². The Hall–Kier alpha value is -1.19. The second-order valence-corrected chi connectivity index (χ2v) is 8.92. The van der Waals surface area contributed by atoms with Gasteiger partial charge in [-0.1, -0.05) is 6.92 Å². The number of hydrogen-bond acceptors (Lipinski definition) is 6. The van der Waals surface area contributed by atoms with Crippen molar-refractivity contribution in [3.8, 4) is 0 Å². The number of nitrogens with zero attached hydrogens (tertiary/aromatic N) is 3. The summed E-state index contributed by atoms with van der Waals surface area (Å²) in [6.45, 7) is 5.57. The molecule has 0 saturated carbocycles. The molecule has 1 fully saturated rings. The fourth-order valence-electron chi connectivity index (χ4n) is 2.28. The molecule has 0 amide bonds. The van der Waals surface area contributed by atoms with Gasteiger partial charge in [0, 0.05) is 44.3 Å². The lowest BCUT2D eigenvalue weighted by Gasteiger charge is -2.26. The second kappa shape index (κ2) is 8.60. The van der Waals surface area contributed by atoms with Gasteiger partial charge < -0.3 is 10.6 Å². The van der Waals surface area contributed by atoms with Crippen LogP contribution < -0.4 is 10.6 Å². The molecule has 0 atom stereocenters. The molecule has 1 aromatic heterocycles. The number of aliphatic imine (C=N–C) groups is 1. The van der Waals surface area contributed by atoms with Crippen molar-refractivity contribution >= 4 is 27.1 Å². The summed E-state index contributed by atoms with van der Waals surface area (Å²) in [6.07, 6.45) is 2.93. The average Bonchev–Trinajstić information content (AvgIpc) is 3.00. The van der Waals surface area contributed by atoms with Crippen molar-refractivity contribution in [1.82, 2.24) is 20.5 Å². The summed E-state index contributed by atoms with van der Waals surface area (Å²) in [5.74, 6) is 1.27. The van der Waals surface area contributed by atoms with E-state index in [0.717, 1.165) is 30.5 Å². The normalized spacial score (nSPS) is 18.8. The first-order valence-electron chi connectivity index (χ1n) is 7.83. The lowest BCUT2D eigenvalue weighted by atomic mass is 10.4. The predicted octanol–water partition coefficient (Wildman–Crippen LogP) is 0.101. The molecule has 9 heteroatoms. The molecule has 0 aliphatic carbocycles.